The van der Waals surface area contributed by atoms with E-state index in [9.17, 15) is 4.79 Å². The summed E-state index contributed by atoms with van der Waals surface area (Å²) in [5.41, 5.74) is 2.61. The van der Waals surface area contributed by atoms with Gasteiger partial charge >= 0.3 is 0 Å². The molecule has 0 atom stereocenters. The standard InChI is InChI=1S/C22H21N5O4/c28-21(24-11-15-3-4-18-19(10-15)31-14-30-18)17-13-25-22(27-6-8-29-9-7-27)26-20(17)16-2-1-5-23-12-16/h1-5,10,12-13H,6-9,11,14H2,(H,24,28). The lowest BCUT2D eigenvalue weighted by Crippen LogP contribution is -2.37. The summed E-state index contributed by atoms with van der Waals surface area (Å²) in [6, 6.07) is 9.30. The molecule has 0 aliphatic carbocycles. The van der Waals surface area contributed by atoms with Gasteiger partial charge in [-0.2, -0.15) is 0 Å². The highest BCUT2D eigenvalue weighted by molar-refractivity contribution is 5.99. The van der Waals surface area contributed by atoms with Gasteiger partial charge in [-0.1, -0.05) is 6.07 Å². The Balaban J connectivity index is 1.39. The zero-order valence-corrected chi connectivity index (χ0v) is 16.8. The van der Waals surface area contributed by atoms with Crippen molar-refractivity contribution in [1.82, 2.24) is 20.3 Å². The van der Waals surface area contributed by atoms with E-state index in [1.165, 1.54) is 0 Å². The zero-order chi connectivity index (χ0) is 21.0. The Morgan fingerprint density at radius 2 is 1.97 bits per heavy atom. The lowest BCUT2D eigenvalue weighted by atomic mass is 10.1. The van der Waals surface area contributed by atoms with E-state index in [0.29, 0.717) is 61.6 Å². The molecule has 158 valence electrons. The van der Waals surface area contributed by atoms with Crippen molar-refractivity contribution >= 4 is 11.9 Å². The molecular formula is C22H21N5O4. The number of nitrogens with zero attached hydrogens (tertiary/aromatic N) is 4. The van der Waals surface area contributed by atoms with E-state index in [1.807, 2.05) is 30.3 Å². The SMILES string of the molecule is O=C(NCc1ccc2c(c1)OCO2)c1cnc(N2CCOCC2)nc1-c1cccnc1. The van der Waals surface area contributed by atoms with Gasteiger partial charge in [-0.3, -0.25) is 9.78 Å². The second-order valence-corrected chi connectivity index (χ2v) is 7.14. The van der Waals surface area contributed by atoms with Crippen molar-refractivity contribution in [2.24, 2.45) is 0 Å². The van der Waals surface area contributed by atoms with Gasteiger partial charge in [0, 0.05) is 43.8 Å². The number of morpholine rings is 1. The number of pyridine rings is 1. The Morgan fingerprint density at radius 1 is 1.10 bits per heavy atom. The summed E-state index contributed by atoms with van der Waals surface area (Å²) in [5.74, 6) is 1.71. The number of amides is 1. The largest absolute Gasteiger partial charge is 0.454 e. The second kappa shape index (κ2) is 8.57. The molecule has 1 aromatic carbocycles. The van der Waals surface area contributed by atoms with Crippen molar-refractivity contribution in [3.8, 4) is 22.8 Å². The van der Waals surface area contributed by atoms with Gasteiger partial charge in [-0.25, -0.2) is 9.97 Å². The molecule has 3 aromatic rings. The maximum absolute atomic E-state index is 13.0. The molecule has 2 aliphatic rings. The van der Waals surface area contributed by atoms with Crippen LogP contribution in [0.2, 0.25) is 0 Å². The van der Waals surface area contributed by atoms with Crippen LogP contribution in [-0.2, 0) is 11.3 Å². The molecular weight excluding hydrogens is 398 g/mol. The zero-order valence-electron chi connectivity index (χ0n) is 16.8. The van der Waals surface area contributed by atoms with Crippen LogP contribution < -0.4 is 19.7 Å². The lowest BCUT2D eigenvalue weighted by Gasteiger charge is -2.27. The number of carbonyl (C=O) groups excluding carboxylic acids is 1. The Bertz CT molecular complexity index is 1090. The monoisotopic (exact) mass is 419 g/mol. The fourth-order valence-electron chi connectivity index (χ4n) is 3.51. The molecule has 4 heterocycles. The fraction of sp³-hybridized carbons (Fsp3) is 0.273. The van der Waals surface area contributed by atoms with E-state index in [-0.39, 0.29) is 12.7 Å². The number of benzene rings is 1. The maximum Gasteiger partial charge on any atom is 0.255 e. The van der Waals surface area contributed by atoms with Crippen LogP contribution in [-0.4, -0.2) is 54.0 Å². The molecule has 1 fully saturated rings. The first-order valence-electron chi connectivity index (χ1n) is 10.0. The summed E-state index contributed by atoms with van der Waals surface area (Å²) < 4.78 is 16.1. The highest BCUT2D eigenvalue weighted by atomic mass is 16.7. The van der Waals surface area contributed by atoms with Crippen molar-refractivity contribution in [2.75, 3.05) is 38.0 Å². The van der Waals surface area contributed by atoms with E-state index in [1.54, 1.807) is 18.6 Å². The summed E-state index contributed by atoms with van der Waals surface area (Å²) in [5, 5.41) is 2.95. The number of aromatic nitrogens is 3. The summed E-state index contributed by atoms with van der Waals surface area (Å²) >= 11 is 0. The van der Waals surface area contributed by atoms with Crippen LogP contribution in [0.5, 0.6) is 11.5 Å². The molecule has 0 saturated carbocycles. The normalized spacial score (nSPS) is 15.0. The number of hydrogen-bond donors (Lipinski definition) is 1. The van der Waals surface area contributed by atoms with Crippen molar-refractivity contribution in [1.29, 1.82) is 0 Å². The molecule has 9 heteroatoms. The number of fused-ring (bicyclic) bond motifs is 1. The Hall–Kier alpha value is -3.72. The molecule has 31 heavy (non-hydrogen) atoms. The number of rotatable bonds is 5. The molecule has 1 saturated heterocycles. The average Bonchev–Trinajstić information content (AvgIpc) is 3.31. The van der Waals surface area contributed by atoms with Gasteiger partial charge in [0.05, 0.1) is 24.5 Å². The molecule has 2 aliphatic heterocycles. The number of anilines is 1. The van der Waals surface area contributed by atoms with Crippen LogP contribution in [0.25, 0.3) is 11.3 Å². The van der Waals surface area contributed by atoms with Gasteiger partial charge in [0.25, 0.3) is 5.91 Å². The van der Waals surface area contributed by atoms with Gasteiger partial charge < -0.3 is 24.4 Å². The Morgan fingerprint density at radius 3 is 2.81 bits per heavy atom. The smallest absolute Gasteiger partial charge is 0.255 e. The predicted molar refractivity (Wildman–Crippen MR) is 112 cm³/mol. The number of ether oxygens (including phenoxy) is 3. The van der Waals surface area contributed by atoms with Crippen LogP contribution in [0.4, 0.5) is 5.95 Å². The predicted octanol–water partition coefficient (Wildman–Crippen LogP) is 2.03. The maximum atomic E-state index is 13.0. The van der Waals surface area contributed by atoms with E-state index in [0.717, 1.165) is 11.1 Å². The molecule has 0 unspecified atom stereocenters. The van der Waals surface area contributed by atoms with Gasteiger partial charge in [-0.15, -0.1) is 0 Å². The van der Waals surface area contributed by atoms with Crippen LogP contribution in [0, 0.1) is 0 Å². The van der Waals surface area contributed by atoms with Crippen LogP contribution in [0.15, 0.2) is 48.9 Å². The van der Waals surface area contributed by atoms with Gasteiger partial charge in [-0.05, 0) is 29.8 Å². The third-order valence-electron chi connectivity index (χ3n) is 5.14. The number of carbonyl (C=O) groups is 1. The van der Waals surface area contributed by atoms with Gasteiger partial charge in [0.1, 0.15) is 0 Å². The number of nitrogens with one attached hydrogen (secondary N) is 1. The van der Waals surface area contributed by atoms with E-state index >= 15 is 0 Å². The van der Waals surface area contributed by atoms with Crippen molar-refractivity contribution in [3.63, 3.8) is 0 Å². The summed E-state index contributed by atoms with van der Waals surface area (Å²) in [4.78, 5) is 28.4. The molecule has 1 N–H and O–H groups in total. The third-order valence-corrected chi connectivity index (χ3v) is 5.14. The highest BCUT2D eigenvalue weighted by Gasteiger charge is 2.21. The molecule has 0 spiro atoms. The molecule has 5 rings (SSSR count). The molecule has 9 nitrogen and oxygen atoms in total. The number of hydrogen-bond acceptors (Lipinski definition) is 8. The summed E-state index contributed by atoms with van der Waals surface area (Å²) in [6.45, 7) is 3.23. The minimum atomic E-state index is -0.259. The fourth-order valence-corrected chi connectivity index (χ4v) is 3.51. The first kappa shape index (κ1) is 19.3. The lowest BCUT2D eigenvalue weighted by molar-refractivity contribution is 0.0950. The van der Waals surface area contributed by atoms with Crippen molar-refractivity contribution in [3.05, 3.63) is 60.0 Å². The third kappa shape index (κ3) is 4.13. The second-order valence-electron chi connectivity index (χ2n) is 7.14. The highest BCUT2D eigenvalue weighted by Crippen LogP contribution is 2.32. The van der Waals surface area contributed by atoms with Gasteiger partial charge in [0.15, 0.2) is 11.5 Å². The van der Waals surface area contributed by atoms with Crippen LogP contribution in [0.3, 0.4) is 0 Å². The molecule has 0 bridgehead atoms. The minimum Gasteiger partial charge on any atom is -0.454 e. The van der Waals surface area contributed by atoms with E-state index in [2.05, 4.69) is 20.2 Å². The topological polar surface area (TPSA) is 98.7 Å². The first-order chi connectivity index (χ1) is 15.3. The summed E-state index contributed by atoms with van der Waals surface area (Å²) in [6.07, 6.45) is 4.96. The summed E-state index contributed by atoms with van der Waals surface area (Å²) in [7, 11) is 0. The van der Waals surface area contributed by atoms with Crippen LogP contribution in [0.1, 0.15) is 15.9 Å². The van der Waals surface area contributed by atoms with E-state index < -0.39 is 0 Å². The minimum absolute atomic E-state index is 0.215. The van der Waals surface area contributed by atoms with Crippen molar-refractivity contribution < 1.29 is 19.0 Å². The molecule has 1 amide bonds. The molecule has 0 radical (unpaired) electrons. The average molecular weight is 419 g/mol. The van der Waals surface area contributed by atoms with E-state index in [4.69, 9.17) is 19.2 Å². The Kier molecular flexibility index (Phi) is 5.32. The van der Waals surface area contributed by atoms with Crippen LogP contribution >= 0.6 is 0 Å². The Labute approximate surface area is 179 Å². The molecule has 2 aromatic heterocycles. The quantitative estimate of drug-likeness (QED) is 0.671. The van der Waals surface area contributed by atoms with Gasteiger partial charge in [0.2, 0.25) is 12.7 Å². The first-order valence-corrected chi connectivity index (χ1v) is 10.0. The van der Waals surface area contributed by atoms with Crippen molar-refractivity contribution in [2.45, 2.75) is 6.54 Å².